The van der Waals surface area contributed by atoms with E-state index in [-0.39, 0.29) is 0 Å². The normalized spacial score (nSPS) is 17.9. The number of aliphatic hydroxyl groups excluding tert-OH is 1. The minimum absolute atomic E-state index is 0.315. The molecule has 1 unspecified atom stereocenters. The number of aliphatic hydroxyl groups is 1. The van der Waals surface area contributed by atoms with Crippen molar-refractivity contribution in [2.45, 2.75) is 44.6 Å². The highest BCUT2D eigenvalue weighted by Gasteiger charge is 2.25. The summed E-state index contributed by atoms with van der Waals surface area (Å²) in [6.07, 6.45) is 6.64. The van der Waals surface area contributed by atoms with E-state index in [1.807, 2.05) is 12.1 Å². The third kappa shape index (κ3) is 3.62. The molecule has 0 radical (unpaired) electrons. The van der Waals surface area contributed by atoms with E-state index in [0.29, 0.717) is 23.2 Å². The van der Waals surface area contributed by atoms with Crippen LogP contribution in [-0.4, -0.2) is 26.4 Å². The van der Waals surface area contributed by atoms with Crippen LogP contribution in [0.5, 0.6) is 17.2 Å². The van der Waals surface area contributed by atoms with Crippen LogP contribution in [0.15, 0.2) is 12.1 Å². The molecule has 0 spiro atoms. The summed E-state index contributed by atoms with van der Waals surface area (Å²) >= 11 is 0. The van der Waals surface area contributed by atoms with E-state index in [0.717, 1.165) is 18.4 Å². The second-order valence-corrected chi connectivity index (χ2v) is 5.66. The van der Waals surface area contributed by atoms with Crippen LogP contribution < -0.4 is 14.2 Å². The van der Waals surface area contributed by atoms with Crippen molar-refractivity contribution < 1.29 is 19.3 Å². The van der Waals surface area contributed by atoms with E-state index in [1.165, 1.54) is 25.7 Å². The predicted molar refractivity (Wildman–Crippen MR) is 82.2 cm³/mol. The molecule has 1 fully saturated rings. The lowest BCUT2D eigenvalue weighted by Crippen LogP contribution is -2.12. The highest BCUT2D eigenvalue weighted by Crippen LogP contribution is 2.42. The second kappa shape index (κ2) is 7.55. The maximum Gasteiger partial charge on any atom is 0.203 e. The number of benzene rings is 1. The van der Waals surface area contributed by atoms with Gasteiger partial charge in [0.25, 0.3) is 0 Å². The van der Waals surface area contributed by atoms with E-state index < -0.39 is 6.10 Å². The molecule has 1 atom stereocenters. The van der Waals surface area contributed by atoms with Crippen LogP contribution in [0.1, 0.15) is 50.2 Å². The van der Waals surface area contributed by atoms with Crippen molar-refractivity contribution in [2.24, 2.45) is 5.92 Å². The van der Waals surface area contributed by atoms with Gasteiger partial charge in [0.1, 0.15) is 0 Å². The summed E-state index contributed by atoms with van der Waals surface area (Å²) < 4.78 is 16.1. The van der Waals surface area contributed by atoms with E-state index in [2.05, 4.69) is 0 Å². The van der Waals surface area contributed by atoms with Crippen LogP contribution in [0, 0.1) is 5.92 Å². The van der Waals surface area contributed by atoms with E-state index in [1.54, 1.807) is 21.3 Å². The molecule has 0 heterocycles. The van der Waals surface area contributed by atoms with E-state index in [9.17, 15) is 5.11 Å². The Labute approximate surface area is 127 Å². The average molecular weight is 294 g/mol. The molecule has 1 aliphatic carbocycles. The molecule has 0 aliphatic heterocycles. The summed E-state index contributed by atoms with van der Waals surface area (Å²) in [6, 6.07) is 3.72. The highest BCUT2D eigenvalue weighted by molar-refractivity contribution is 5.54. The van der Waals surface area contributed by atoms with Crippen LogP contribution in [0.25, 0.3) is 0 Å². The molecule has 1 aromatic rings. The molecule has 4 nitrogen and oxygen atoms in total. The van der Waals surface area contributed by atoms with Gasteiger partial charge in [0, 0.05) is 0 Å². The van der Waals surface area contributed by atoms with Gasteiger partial charge in [0.05, 0.1) is 27.4 Å². The summed E-state index contributed by atoms with van der Waals surface area (Å²) in [4.78, 5) is 0. The van der Waals surface area contributed by atoms with Crippen molar-refractivity contribution in [2.75, 3.05) is 21.3 Å². The Kier molecular flexibility index (Phi) is 5.74. The van der Waals surface area contributed by atoms with Gasteiger partial charge >= 0.3 is 0 Å². The summed E-state index contributed by atoms with van der Waals surface area (Å²) in [6.45, 7) is 0. The largest absolute Gasteiger partial charge is 0.493 e. The van der Waals surface area contributed by atoms with Crippen molar-refractivity contribution in [3.63, 3.8) is 0 Å². The Hall–Kier alpha value is -1.42. The molecule has 0 amide bonds. The number of hydrogen-bond acceptors (Lipinski definition) is 4. The van der Waals surface area contributed by atoms with Crippen molar-refractivity contribution in [1.29, 1.82) is 0 Å². The van der Waals surface area contributed by atoms with Gasteiger partial charge < -0.3 is 19.3 Å². The summed E-state index contributed by atoms with van der Waals surface area (Å²) in [5.74, 6) is 2.08. The number of ether oxygens (including phenoxy) is 3. The molecule has 1 saturated carbocycles. The standard InChI is InChI=1S/C17H26O4/c1-19-14-10-13(11-15(20-2)17(14)21-3)16(18)12-8-6-4-5-7-9-12/h10-12,16,18H,4-9H2,1-3H3. The Morgan fingerprint density at radius 1 is 0.905 bits per heavy atom. The van der Waals surface area contributed by atoms with Crippen molar-refractivity contribution >= 4 is 0 Å². The van der Waals surface area contributed by atoms with Crippen LogP contribution in [0.3, 0.4) is 0 Å². The van der Waals surface area contributed by atoms with Gasteiger partial charge in [-0.25, -0.2) is 0 Å². The predicted octanol–water partition coefficient (Wildman–Crippen LogP) is 3.72. The van der Waals surface area contributed by atoms with Gasteiger partial charge in [-0.2, -0.15) is 0 Å². The minimum Gasteiger partial charge on any atom is -0.493 e. The molecule has 2 rings (SSSR count). The second-order valence-electron chi connectivity index (χ2n) is 5.66. The fourth-order valence-electron chi connectivity index (χ4n) is 3.17. The first-order chi connectivity index (χ1) is 10.2. The first-order valence-corrected chi connectivity index (χ1v) is 7.69. The average Bonchev–Trinajstić information content (AvgIpc) is 2.81. The van der Waals surface area contributed by atoms with Crippen LogP contribution >= 0.6 is 0 Å². The molecule has 21 heavy (non-hydrogen) atoms. The lowest BCUT2D eigenvalue weighted by atomic mass is 9.89. The zero-order valence-electron chi connectivity index (χ0n) is 13.2. The van der Waals surface area contributed by atoms with Gasteiger partial charge in [-0.1, -0.05) is 25.7 Å². The van der Waals surface area contributed by atoms with Crippen LogP contribution in [0.2, 0.25) is 0 Å². The Morgan fingerprint density at radius 3 is 1.86 bits per heavy atom. The third-order valence-corrected chi connectivity index (χ3v) is 4.37. The molecule has 0 saturated heterocycles. The molecule has 4 heteroatoms. The summed E-state index contributed by atoms with van der Waals surface area (Å²) in [7, 11) is 4.78. The molecule has 0 aromatic heterocycles. The lowest BCUT2D eigenvalue weighted by molar-refractivity contribution is 0.0982. The molecule has 0 bridgehead atoms. The van der Waals surface area contributed by atoms with Crippen molar-refractivity contribution in [3.05, 3.63) is 17.7 Å². The fraction of sp³-hybridized carbons (Fsp3) is 0.647. The summed E-state index contributed by atoms with van der Waals surface area (Å²) in [5, 5.41) is 10.7. The van der Waals surface area contributed by atoms with Gasteiger partial charge in [0.2, 0.25) is 5.75 Å². The Bertz CT molecular complexity index is 425. The van der Waals surface area contributed by atoms with E-state index in [4.69, 9.17) is 14.2 Å². The third-order valence-electron chi connectivity index (χ3n) is 4.37. The van der Waals surface area contributed by atoms with Crippen molar-refractivity contribution in [1.82, 2.24) is 0 Å². The van der Waals surface area contributed by atoms with E-state index >= 15 is 0 Å². The smallest absolute Gasteiger partial charge is 0.203 e. The fourth-order valence-corrected chi connectivity index (χ4v) is 3.17. The molecule has 118 valence electrons. The van der Waals surface area contributed by atoms with Gasteiger partial charge in [-0.05, 0) is 36.5 Å². The van der Waals surface area contributed by atoms with Crippen molar-refractivity contribution in [3.8, 4) is 17.2 Å². The Balaban J connectivity index is 2.29. The number of rotatable bonds is 5. The summed E-state index contributed by atoms with van der Waals surface area (Å²) in [5.41, 5.74) is 0.844. The minimum atomic E-state index is -0.475. The SMILES string of the molecule is COc1cc(C(O)C2CCCCCC2)cc(OC)c1OC. The lowest BCUT2D eigenvalue weighted by Gasteiger charge is -2.23. The highest BCUT2D eigenvalue weighted by atomic mass is 16.5. The van der Waals surface area contributed by atoms with Gasteiger partial charge in [0.15, 0.2) is 11.5 Å². The zero-order valence-corrected chi connectivity index (χ0v) is 13.2. The van der Waals surface area contributed by atoms with Crippen LogP contribution in [0.4, 0.5) is 0 Å². The first-order valence-electron chi connectivity index (χ1n) is 7.69. The first kappa shape index (κ1) is 16.0. The zero-order chi connectivity index (χ0) is 15.2. The molecule has 1 aliphatic rings. The Morgan fingerprint density at radius 2 is 1.43 bits per heavy atom. The van der Waals surface area contributed by atoms with Crippen LogP contribution in [-0.2, 0) is 0 Å². The molecular weight excluding hydrogens is 268 g/mol. The number of methoxy groups -OCH3 is 3. The van der Waals surface area contributed by atoms with Gasteiger partial charge in [-0.15, -0.1) is 0 Å². The maximum atomic E-state index is 10.7. The quantitative estimate of drug-likeness (QED) is 0.841. The number of hydrogen-bond donors (Lipinski definition) is 1. The molecule has 1 aromatic carbocycles. The molecule has 1 N–H and O–H groups in total. The molecular formula is C17H26O4. The monoisotopic (exact) mass is 294 g/mol. The topological polar surface area (TPSA) is 47.9 Å². The maximum absolute atomic E-state index is 10.7. The van der Waals surface area contributed by atoms with Gasteiger partial charge in [-0.3, -0.25) is 0 Å².